The fraction of sp³-hybridized carbons (Fsp3) is 0.393. The summed E-state index contributed by atoms with van der Waals surface area (Å²) in [5.74, 6) is 2.04. The largest absolute Gasteiger partial charge is 0.496 e. The molecule has 6 rings (SSSR count). The highest BCUT2D eigenvalue weighted by atomic mass is 32.1. The number of nitrogens with one attached hydrogen (secondary N) is 2. The Labute approximate surface area is 231 Å². The molecule has 12 heteroatoms. The molecule has 4 aromatic rings. The van der Waals surface area contributed by atoms with Gasteiger partial charge in [0.05, 0.1) is 28.8 Å². The third-order valence-electron chi connectivity index (χ3n) is 7.75. The molecule has 2 bridgehead atoms. The van der Waals surface area contributed by atoms with E-state index in [4.69, 9.17) is 14.5 Å². The van der Waals surface area contributed by atoms with Gasteiger partial charge in [-0.2, -0.15) is 13.2 Å². The van der Waals surface area contributed by atoms with Crippen LogP contribution >= 0.6 is 11.3 Å². The number of rotatable bonds is 9. The lowest BCUT2D eigenvalue weighted by Gasteiger charge is -2.22. The van der Waals surface area contributed by atoms with Crippen LogP contribution in [0.25, 0.3) is 22.0 Å². The van der Waals surface area contributed by atoms with Gasteiger partial charge in [0, 0.05) is 24.2 Å². The summed E-state index contributed by atoms with van der Waals surface area (Å²) >= 11 is 1.41. The van der Waals surface area contributed by atoms with Gasteiger partial charge in [-0.25, -0.2) is 9.78 Å². The molecule has 0 saturated heterocycles. The van der Waals surface area contributed by atoms with Gasteiger partial charge in [0.1, 0.15) is 23.1 Å². The van der Waals surface area contributed by atoms with Crippen molar-refractivity contribution >= 4 is 11.3 Å². The number of aromatic amines is 1. The number of aromatic nitrogens is 3. The number of hydrogen-bond acceptors (Lipinski definition) is 8. The summed E-state index contributed by atoms with van der Waals surface area (Å²) < 4.78 is 55.4. The first-order valence-corrected chi connectivity index (χ1v) is 13.9. The zero-order chi connectivity index (χ0) is 27.9. The van der Waals surface area contributed by atoms with Crippen LogP contribution in [0.5, 0.6) is 11.5 Å². The van der Waals surface area contributed by atoms with Crippen LogP contribution in [0, 0.1) is 11.8 Å². The van der Waals surface area contributed by atoms with Crippen molar-refractivity contribution in [2.24, 2.45) is 11.8 Å². The molecular formula is C28H27F3N4O4S. The molecule has 2 heterocycles. The molecule has 3 atom stereocenters. The molecule has 2 aliphatic carbocycles. The Balaban J connectivity index is 1.22. The number of H-pyrrole nitrogens is 1. The number of benzene rings is 2. The van der Waals surface area contributed by atoms with E-state index in [1.165, 1.54) is 56.3 Å². The molecule has 210 valence electrons. The predicted molar refractivity (Wildman–Crippen MR) is 142 cm³/mol. The Morgan fingerprint density at radius 3 is 2.62 bits per heavy atom. The first-order valence-electron chi connectivity index (χ1n) is 13.0. The molecule has 2 aromatic carbocycles. The maximum atomic E-state index is 13.1. The lowest BCUT2D eigenvalue weighted by atomic mass is 9.95. The average Bonchev–Trinajstić information content (AvgIpc) is 3.75. The van der Waals surface area contributed by atoms with Gasteiger partial charge in [-0.05, 0) is 55.4 Å². The quantitative estimate of drug-likeness (QED) is 0.252. The molecule has 0 amide bonds. The van der Waals surface area contributed by atoms with Crippen LogP contribution in [0.15, 0.2) is 51.8 Å². The first-order chi connectivity index (χ1) is 19.3. The number of thiazole rings is 1. The van der Waals surface area contributed by atoms with Gasteiger partial charge >= 0.3 is 11.9 Å². The van der Waals surface area contributed by atoms with Gasteiger partial charge in [-0.1, -0.05) is 23.7 Å². The van der Waals surface area contributed by atoms with Crippen molar-refractivity contribution in [2.45, 2.75) is 51.1 Å². The highest BCUT2D eigenvalue weighted by Crippen LogP contribution is 2.44. The molecule has 1 unspecified atom stereocenters. The monoisotopic (exact) mass is 572 g/mol. The zero-order valence-corrected chi connectivity index (χ0v) is 22.4. The number of methoxy groups -OCH3 is 1. The predicted octanol–water partition coefficient (Wildman–Crippen LogP) is 6.04. The SMILES string of the molecule is COc1cc(OCc2sc(-c3ccc(C(F)(F)F)cc3)nc2CN[C@@H]2C[C@H]3CCC2C3)ccc1-c1noc(=O)[nH]1. The van der Waals surface area contributed by atoms with Crippen LogP contribution in [0.1, 0.15) is 41.8 Å². The summed E-state index contributed by atoms with van der Waals surface area (Å²) in [4.78, 5) is 19.5. The maximum absolute atomic E-state index is 13.1. The molecule has 8 nitrogen and oxygen atoms in total. The Bertz CT molecular complexity index is 1550. The zero-order valence-electron chi connectivity index (χ0n) is 21.6. The fourth-order valence-corrected chi connectivity index (χ4v) is 6.73. The van der Waals surface area contributed by atoms with Gasteiger partial charge in [0.25, 0.3) is 0 Å². The van der Waals surface area contributed by atoms with Crippen LogP contribution < -0.4 is 20.5 Å². The highest BCUT2D eigenvalue weighted by molar-refractivity contribution is 7.15. The molecule has 2 aliphatic rings. The minimum Gasteiger partial charge on any atom is -0.496 e. The minimum atomic E-state index is -4.39. The highest BCUT2D eigenvalue weighted by Gasteiger charge is 2.39. The van der Waals surface area contributed by atoms with E-state index < -0.39 is 17.5 Å². The maximum Gasteiger partial charge on any atom is 0.439 e. The van der Waals surface area contributed by atoms with Crippen LogP contribution in [0.4, 0.5) is 13.2 Å². The van der Waals surface area contributed by atoms with E-state index in [1.807, 2.05) is 0 Å². The second-order valence-corrected chi connectivity index (χ2v) is 11.3. The summed E-state index contributed by atoms with van der Waals surface area (Å²) in [5.41, 5.74) is 1.30. The second kappa shape index (κ2) is 10.7. The van der Waals surface area contributed by atoms with Crippen molar-refractivity contribution in [3.8, 4) is 33.5 Å². The molecule has 0 aliphatic heterocycles. The van der Waals surface area contributed by atoms with Crippen molar-refractivity contribution in [1.29, 1.82) is 0 Å². The summed E-state index contributed by atoms with van der Waals surface area (Å²) in [6.07, 6.45) is 0.630. The number of ether oxygens (including phenoxy) is 2. The van der Waals surface area contributed by atoms with Gasteiger partial charge in [0.15, 0.2) is 5.82 Å². The third-order valence-corrected chi connectivity index (χ3v) is 8.87. The molecular weight excluding hydrogens is 545 g/mol. The molecule has 2 saturated carbocycles. The molecule has 0 radical (unpaired) electrons. The Kier molecular flexibility index (Phi) is 7.13. The van der Waals surface area contributed by atoms with Crippen LogP contribution in [0.3, 0.4) is 0 Å². The van der Waals surface area contributed by atoms with Gasteiger partial charge < -0.3 is 14.8 Å². The topological polar surface area (TPSA) is 102 Å². The van der Waals surface area contributed by atoms with Gasteiger partial charge in [-0.3, -0.25) is 9.51 Å². The summed E-state index contributed by atoms with van der Waals surface area (Å²) in [6, 6.07) is 10.7. The smallest absolute Gasteiger partial charge is 0.439 e. The Hall–Kier alpha value is -3.64. The Morgan fingerprint density at radius 2 is 1.98 bits per heavy atom. The number of hydrogen-bond donors (Lipinski definition) is 2. The number of halogens is 3. The standard InChI is InChI=1S/C28H27F3N4O4S/c1-37-23-12-19(8-9-20(23)25-34-27(36)39-35-25)38-14-24-22(13-32-21-11-15-2-3-17(21)10-15)33-26(40-24)16-4-6-18(7-5-16)28(29,30)31/h4-9,12,15,17,21,32H,2-3,10-11,13-14H2,1H3,(H,34,35,36)/t15-,17?,21+/m0/s1. The number of nitrogens with zero attached hydrogens (tertiary/aromatic N) is 2. The van der Waals surface area contributed by atoms with Crippen molar-refractivity contribution in [3.63, 3.8) is 0 Å². The molecule has 2 N–H and O–H groups in total. The van der Waals surface area contributed by atoms with Crippen LogP contribution in [-0.2, 0) is 19.3 Å². The lowest BCUT2D eigenvalue weighted by molar-refractivity contribution is -0.137. The van der Waals surface area contributed by atoms with Gasteiger partial charge in [0.2, 0.25) is 0 Å². The third kappa shape index (κ3) is 5.50. The van der Waals surface area contributed by atoms with E-state index >= 15 is 0 Å². The van der Waals surface area contributed by atoms with Crippen molar-refractivity contribution in [2.75, 3.05) is 7.11 Å². The van der Waals surface area contributed by atoms with E-state index in [1.54, 1.807) is 18.2 Å². The Morgan fingerprint density at radius 1 is 1.15 bits per heavy atom. The molecule has 2 aromatic heterocycles. The first kappa shape index (κ1) is 26.6. The number of fused-ring (bicyclic) bond motifs is 2. The molecule has 40 heavy (non-hydrogen) atoms. The average molecular weight is 573 g/mol. The van der Waals surface area contributed by atoms with Crippen molar-refractivity contribution in [1.82, 2.24) is 20.4 Å². The van der Waals surface area contributed by atoms with E-state index in [0.717, 1.165) is 28.6 Å². The molecule has 0 spiro atoms. The molecule has 2 fully saturated rings. The summed E-state index contributed by atoms with van der Waals surface area (Å²) in [5, 5.41) is 8.03. The summed E-state index contributed by atoms with van der Waals surface area (Å²) in [6.45, 7) is 0.779. The normalized spacial score (nSPS) is 20.2. The van der Waals surface area contributed by atoms with E-state index in [-0.39, 0.29) is 12.4 Å². The van der Waals surface area contributed by atoms with Crippen LogP contribution in [0.2, 0.25) is 0 Å². The van der Waals surface area contributed by atoms with Crippen molar-refractivity contribution in [3.05, 3.63) is 69.1 Å². The fourth-order valence-electron chi connectivity index (χ4n) is 5.73. The second-order valence-electron chi connectivity index (χ2n) is 10.2. The van der Waals surface area contributed by atoms with Crippen LogP contribution in [-0.4, -0.2) is 28.3 Å². The van der Waals surface area contributed by atoms with Gasteiger partial charge in [-0.15, -0.1) is 11.3 Å². The lowest BCUT2D eigenvalue weighted by Crippen LogP contribution is -2.33. The number of alkyl halides is 3. The van der Waals surface area contributed by atoms with E-state index in [0.29, 0.717) is 46.1 Å². The summed E-state index contributed by atoms with van der Waals surface area (Å²) in [7, 11) is 1.50. The van der Waals surface area contributed by atoms with E-state index in [2.05, 4.69) is 20.0 Å². The van der Waals surface area contributed by atoms with E-state index in [9.17, 15) is 18.0 Å². The van der Waals surface area contributed by atoms with Crippen molar-refractivity contribution < 1.29 is 27.2 Å². The minimum absolute atomic E-state index is 0.218.